The molecule has 0 N–H and O–H groups in total. The van der Waals surface area contributed by atoms with Crippen LogP contribution in [0.25, 0.3) is 0 Å². The molecule has 0 amide bonds. The minimum Gasteiger partial charge on any atom is -0.462 e. The molecule has 0 radical (unpaired) electrons. The van der Waals surface area contributed by atoms with E-state index in [2.05, 4.69) is 57.2 Å². The fourth-order valence-corrected chi connectivity index (χ4v) is 8.27. The van der Waals surface area contributed by atoms with Gasteiger partial charge in [0.25, 0.3) is 0 Å². The van der Waals surface area contributed by atoms with Crippen LogP contribution in [-0.2, 0) is 28.6 Å². The van der Waals surface area contributed by atoms with Gasteiger partial charge in [-0.05, 0) is 83.5 Å². The van der Waals surface area contributed by atoms with Crippen molar-refractivity contribution in [2.24, 2.45) is 0 Å². The Morgan fingerprint density at radius 2 is 0.538 bits per heavy atom. The van der Waals surface area contributed by atoms with Gasteiger partial charge in [0.15, 0.2) is 6.10 Å². The molecule has 0 fully saturated rings. The summed E-state index contributed by atoms with van der Waals surface area (Å²) in [6.07, 6.45) is 64.6. The molecular formula is C59H108O6. The summed E-state index contributed by atoms with van der Waals surface area (Å²) in [5, 5.41) is 0. The number of carbonyl (C=O) groups excluding carboxylic acids is 3. The SMILES string of the molecule is CCC/C=C\CCCCCCCC(=O)OCC(COC(=O)CCCCCCCCCCCCCCCCC/C=C\CCCCCCCCCC)OC(=O)CCCCCCC/C=C\CCC. The number of hydrogen-bond donors (Lipinski definition) is 0. The van der Waals surface area contributed by atoms with Crippen LogP contribution < -0.4 is 0 Å². The van der Waals surface area contributed by atoms with Gasteiger partial charge in [-0.2, -0.15) is 0 Å². The van der Waals surface area contributed by atoms with Crippen LogP contribution in [0.1, 0.15) is 303 Å². The van der Waals surface area contributed by atoms with Crippen molar-refractivity contribution >= 4 is 17.9 Å². The van der Waals surface area contributed by atoms with E-state index < -0.39 is 6.10 Å². The maximum absolute atomic E-state index is 12.7. The van der Waals surface area contributed by atoms with Crippen molar-refractivity contribution < 1.29 is 28.6 Å². The Bertz CT molecular complexity index is 1090. The van der Waals surface area contributed by atoms with Gasteiger partial charge in [-0.3, -0.25) is 14.4 Å². The van der Waals surface area contributed by atoms with Gasteiger partial charge in [0, 0.05) is 19.3 Å². The fraction of sp³-hybridized carbons (Fsp3) is 0.847. The van der Waals surface area contributed by atoms with Crippen LogP contribution in [0.5, 0.6) is 0 Å². The predicted octanol–water partition coefficient (Wildman–Crippen LogP) is 18.9. The fourth-order valence-electron chi connectivity index (χ4n) is 8.27. The topological polar surface area (TPSA) is 78.9 Å². The lowest BCUT2D eigenvalue weighted by Gasteiger charge is -2.18. The lowest BCUT2D eigenvalue weighted by Crippen LogP contribution is -2.30. The van der Waals surface area contributed by atoms with Gasteiger partial charge in [-0.1, -0.05) is 237 Å². The molecule has 0 spiro atoms. The molecule has 1 unspecified atom stereocenters. The summed E-state index contributed by atoms with van der Waals surface area (Å²) in [7, 11) is 0. The average Bonchev–Trinajstić information content (AvgIpc) is 3.30. The first kappa shape index (κ1) is 62.6. The molecular weight excluding hydrogens is 805 g/mol. The molecule has 0 heterocycles. The van der Waals surface area contributed by atoms with Gasteiger partial charge in [-0.25, -0.2) is 0 Å². The summed E-state index contributed by atoms with van der Waals surface area (Å²) in [5.41, 5.74) is 0. The molecule has 0 aromatic rings. The molecule has 380 valence electrons. The number of hydrogen-bond acceptors (Lipinski definition) is 6. The molecule has 0 aromatic carbocycles. The lowest BCUT2D eigenvalue weighted by molar-refractivity contribution is -0.167. The molecule has 0 saturated carbocycles. The number of allylic oxidation sites excluding steroid dienone is 6. The van der Waals surface area contributed by atoms with E-state index in [-0.39, 0.29) is 31.1 Å². The first-order valence-electron chi connectivity index (χ1n) is 28.5. The normalized spacial score (nSPS) is 12.2. The first-order chi connectivity index (χ1) is 32.0. The van der Waals surface area contributed by atoms with Crippen LogP contribution in [0.3, 0.4) is 0 Å². The Hall–Kier alpha value is -2.37. The van der Waals surface area contributed by atoms with Crippen molar-refractivity contribution in [3.63, 3.8) is 0 Å². The Kier molecular flexibility index (Phi) is 52.3. The molecule has 6 nitrogen and oxygen atoms in total. The van der Waals surface area contributed by atoms with E-state index >= 15 is 0 Å². The van der Waals surface area contributed by atoms with Crippen molar-refractivity contribution in [2.75, 3.05) is 13.2 Å². The number of unbranched alkanes of at least 4 members (excludes halogenated alkanes) is 35. The quantitative estimate of drug-likeness (QED) is 0.0262. The zero-order chi connectivity index (χ0) is 47.2. The van der Waals surface area contributed by atoms with Crippen LogP contribution in [0.15, 0.2) is 36.5 Å². The van der Waals surface area contributed by atoms with Gasteiger partial charge in [0.2, 0.25) is 0 Å². The summed E-state index contributed by atoms with van der Waals surface area (Å²) in [5.74, 6) is -0.888. The van der Waals surface area contributed by atoms with Crippen molar-refractivity contribution in [1.29, 1.82) is 0 Å². The van der Waals surface area contributed by atoms with Crippen molar-refractivity contribution in [3.8, 4) is 0 Å². The Labute approximate surface area is 404 Å². The minimum atomic E-state index is -0.775. The molecule has 1 atom stereocenters. The highest BCUT2D eigenvalue weighted by Crippen LogP contribution is 2.16. The first-order valence-corrected chi connectivity index (χ1v) is 28.5. The second-order valence-corrected chi connectivity index (χ2v) is 19.2. The number of rotatable bonds is 52. The zero-order valence-corrected chi connectivity index (χ0v) is 43.5. The van der Waals surface area contributed by atoms with E-state index in [9.17, 15) is 14.4 Å². The lowest BCUT2D eigenvalue weighted by atomic mass is 10.0. The van der Waals surface area contributed by atoms with E-state index in [1.165, 1.54) is 173 Å². The monoisotopic (exact) mass is 913 g/mol. The van der Waals surface area contributed by atoms with E-state index in [1.54, 1.807) is 0 Å². The van der Waals surface area contributed by atoms with Gasteiger partial charge in [-0.15, -0.1) is 0 Å². The second kappa shape index (κ2) is 54.2. The van der Waals surface area contributed by atoms with E-state index in [0.717, 1.165) is 89.9 Å². The van der Waals surface area contributed by atoms with Gasteiger partial charge in [0.05, 0.1) is 0 Å². The van der Waals surface area contributed by atoms with E-state index in [1.807, 2.05) is 0 Å². The Balaban J connectivity index is 4.07. The maximum Gasteiger partial charge on any atom is 0.306 e. The number of carbonyl (C=O) groups is 3. The zero-order valence-electron chi connectivity index (χ0n) is 43.5. The van der Waals surface area contributed by atoms with Crippen LogP contribution in [0.2, 0.25) is 0 Å². The summed E-state index contributed by atoms with van der Waals surface area (Å²) >= 11 is 0. The van der Waals surface area contributed by atoms with Crippen LogP contribution in [0, 0.1) is 0 Å². The third-order valence-corrected chi connectivity index (χ3v) is 12.5. The highest BCUT2D eigenvalue weighted by Gasteiger charge is 2.19. The van der Waals surface area contributed by atoms with Gasteiger partial charge < -0.3 is 14.2 Å². The van der Waals surface area contributed by atoms with Crippen molar-refractivity contribution in [2.45, 2.75) is 309 Å². The highest BCUT2D eigenvalue weighted by atomic mass is 16.6. The van der Waals surface area contributed by atoms with Crippen molar-refractivity contribution in [1.82, 2.24) is 0 Å². The van der Waals surface area contributed by atoms with Gasteiger partial charge in [0.1, 0.15) is 13.2 Å². The Morgan fingerprint density at radius 3 is 0.831 bits per heavy atom. The smallest absolute Gasteiger partial charge is 0.306 e. The molecule has 0 aliphatic rings. The maximum atomic E-state index is 12.7. The molecule has 0 aliphatic carbocycles. The largest absolute Gasteiger partial charge is 0.462 e. The van der Waals surface area contributed by atoms with Crippen molar-refractivity contribution in [3.05, 3.63) is 36.5 Å². The molecule has 0 saturated heterocycles. The summed E-state index contributed by atoms with van der Waals surface area (Å²) in [6, 6.07) is 0. The molecule has 65 heavy (non-hydrogen) atoms. The second-order valence-electron chi connectivity index (χ2n) is 19.2. The standard InChI is InChI=1S/C59H108O6/c1-4-7-10-13-16-19-22-23-24-25-26-27-28-29-30-31-32-33-34-35-36-37-38-41-43-46-49-52-58(61)64-55-56(65-59(62)53-50-47-44-40-21-18-15-12-9-6-3)54-63-57(60)51-48-45-42-39-20-17-14-11-8-5-2/h11-12,14-15,25-26,56H,4-10,13,16-24,27-55H2,1-3H3/b14-11-,15-12-,26-25-. The molecule has 0 aromatic heterocycles. The summed E-state index contributed by atoms with van der Waals surface area (Å²) in [6.45, 7) is 6.53. The molecule has 6 heteroatoms. The van der Waals surface area contributed by atoms with E-state index in [4.69, 9.17) is 14.2 Å². The molecule has 0 aliphatic heterocycles. The minimum absolute atomic E-state index is 0.0760. The number of esters is 3. The van der Waals surface area contributed by atoms with Crippen LogP contribution in [-0.4, -0.2) is 37.2 Å². The highest BCUT2D eigenvalue weighted by molar-refractivity contribution is 5.71. The van der Waals surface area contributed by atoms with Gasteiger partial charge >= 0.3 is 17.9 Å². The molecule has 0 bridgehead atoms. The summed E-state index contributed by atoms with van der Waals surface area (Å²) < 4.78 is 16.8. The number of ether oxygens (including phenoxy) is 3. The van der Waals surface area contributed by atoms with E-state index in [0.29, 0.717) is 19.3 Å². The predicted molar refractivity (Wildman–Crippen MR) is 279 cm³/mol. The Morgan fingerprint density at radius 1 is 0.292 bits per heavy atom. The summed E-state index contributed by atoms with van der Waals surface area (Å²) in [4.78, 5) is 37.9. The third kappa shape index (κ3) is 52.5. The molecule has 0 rings (SSSR count). The average molecular weight is 914 g/mol. The van der Waals surface area contributed by atoms with Crippen LogP contribution >= 0.6 is 0 Å². The van der Waals surface area contributed by atoms with Crippen LogP contribution in [0.4, 0.5) is 0 Å². The third-order valence-electron chi connectivity index (χ3n) is 12.5.